The predicted octanol–water partition coefficient (Wildman–Crippen LogP) is -0.649. The largest absolute Gasteiger partial charge is 0.394 e. The summed E-state index contributed by atoms with van der Waals surface area (Å²) in [5, 5.41) is 12.5. The van der Waals surface area contributed by atoms with Crippen LogP contribution in [0.2, 0.25) is 0 Å². The van der Waals surface area contributed by atoms with Crippen molar-refractivity contribution in [2.75, 3.05) is 19.8 Å². The van der Waals surface area contributed by atoms with Gasteiger partial charge in [0.05, 0.1) is 32.6 Å². The van der Waals surface area contributed by atoms with Crippen LogP contribution in [-0.2, 0) is 17.8 Å². The number of rotatable bonds is 6. The summed E-state index contributed by atoms with van der Waals surface area (Å²) in [5.74, 6) is 0. The first kappa shape index (κ1) is 10.2. The summed E-state index contributed by atoms with van der Waals surface area (Å²) in [6.07, 6.45) is 3.63. The van der Waals surface area contributed by atoms with E-state index in [0.717, 1.165) is 5.56 Å². The summed E-state index contributed by atoms with van der Waals surface area (Å²) < 4.78 is 6.86. The average molecular weight is 185 g/mol. The quantitative estimate of drug-likeness (QED) is 0.578. The van der Waals surface area contributed by atoms with E-state index in [9.17, 15) is 0 Å². The molecule has 0 atom stereocenters. The summed E-state index contributed by atoms with van der Waals surface area (Å²) in [4.78, 5) is 0. The fraction of sp³-hybridized carbons (Fsp3) is 0.625. The van der Waals surface area contributed by atoms with Crippen molar-refractivity contribution in [1.29, 1.82) is 0 Å². The molecule has 3 N–H and O–H groups in total. The molecule has 0 aromatic carbocycles. The van der Waals surface area contributed by atoms with Crippen molar-refractivity contribution in [3.63, 3.8) is 0 Å². The van der Waals surface area contributed by atoms with E-state index in [-0.39, 0.29) is 6.61 Å². The molecule has 1 heterocycles. The first-order valence-corrected chi connectivity index (χ1v) is 4.27. The molecular weight excluding hydrogens is 170 g/mol. The maximum Gasteiger partial charge on any atom is 0.0698 e. The molecule has 0 spiro atoms. The third-order valence-corrected chi connectivity index (χ3v) is 1.62. The number of nitrogens with two attached hydrogens (primary N) is 1. The molecule has 1 rings (SSSR count). The lowest BCUT2D eigenvalue weighted by Gasteiger charge is -2.01. The van der Waals surface area contributed by atoms with Crippen LogP contribution >= 0.6 is 0 Å². The van der Waals surface area contributed by atoms with Crippen LogP contribution in [0.25, 0.3) is 0 Å². The second kappa shape index (κ2) is 5.69. The van der Waals surface area contributed by atoms with Gasteiger partial charge in [0.15, 0.2) is 0 Å². The maximum absolute atomic E-state index is 8.44. The lowest BCUT2D eigenvalue weighted by Crippen LogP contribution is -2.08. The van der Waals surface area contributed by atoms with Gasteiger partial charge in [0.1, 0.15) is 0 Å². The van der Waals surface area contributed by atoms with Gasteiger partial charge in [0.2, 0.25) is 0 Å². The Balaban J connectivity index is 2.20. The highest BCUT2D eigenvalue weighted by molar-refractivity contribution is 5.02. The van der Waals surface area contributed by atoms with Crippen molar-refractivity contribution in [1.82, 2.24) is 9.78 Å². The molecule has 5 heteroatoms. The number of aliphatic hydroxyl groups excluding tert-OH is 1. The number of nitrogens with zero attached hydrogens (tertiary/aromatic N) is 2. The standard InChI is InChI=1S/C8H15N3O2/c9-5-8-6-10-11(7-8)1-3-13-4-2-12/h6-7,12H,1-5,9H2. The highest BCUT2D eigenvalue weighted by Gasteiger charge is 1.95. The lowest BCUT2D eigenvalue weighted by molar-refractivity contribution is 0.0854. The van der Waals surface area contributed by atoms with E-state index < -0.39 is 0 Å². The van der Waals surface area contributed by atoms with Gasteiger partial charge in [-0.15, -0.1) is 0 Å². The molecule has 74 valence electrons. The van der Waals surface area contributed by atoms with Gasteiger partial charge in [0.25, 0.3) is 0 Å². The SMILES string of the molecule is NCc1cnn(CCOCCO)c1. The van der Waals surface area contributed by atoms with Crippen LogP contribution in [0.5, 0.6) is 0 Å². The molecule has 0 unspecified atom stereocenters. The Hall–Kier alpha value is -0.910. The van der Waals surface area contributed by atoms with Crippen LogP contribution in [0.15, 0.2) is 12.4 Å². The normalized spacial score (nSPS) is 10.6. The van der Waals surface area contributed by atoms with Gasteiger partial charge in [0, 0.05) is 18.3 Å². The first-order chi connectivity index (χ1) is 6.36. The third-order valence-electron chi connectivity index (χ3n) is 1.62. The van der Waals surface area contributed by atoms with Crippen LogP contribution < -0.4 is 5.73 Å². The van der Waals surface area contributed by atoms with Gasteiger partial charge in [-0.25, -0.2) is 0 Å². The van der Waals surface area contributed by atoms with Crippen molar-refractivity contribution in [2.24, 2.45) is 5.73 Å². The van der Waals surface area contributed by atoms with Crippen molar-refractivity contribution in [3.8, 4) is 0 Å². The Morgan fingerprint density at radius 2 is 2.38 bits per heavy atom. The molecule has 0 aliphatic heterocycles. The first-order valence-electron chi connectivity index (χ1n) is 4.27. The molecule has 0 saturated carbocycles. The van der Waals surface area contributed by atoms with Gasteiger partial charge in [-0.05, 0) is 0 Å². The van der Waals surface area contributed by atoms with E-state index in [0.29, 0.717) is 26.3 Å². The maximum atomic E-state index is 8.44. The average Bonchev–Trinajstić information content (AvgIpc) is 2.60. The van der Waals surface area contributed by atoms with Gasteiger partial charge in [-0.3, -0.25) is 4.68 Å². The number of hydrogen-bond acceptors (Lipinski definition) is 4. The Bertz CT molecular complexity index is 237. The number of aromatic nitrogens is 2. The third kappa shape index (κ3) is 3.54. The molecule has 0 aliphatic carbocycles. The van der Waals surface area contributed by atoms with Gasteiger partial charge >= 0.3 is 0 Å². The Morgan fingerprint density at radius 1 is 1.54 bits per heavy atom. The molecule has 13 heavy (non-hydrogen) atoms. The smallest absolute Gasteiger partial charge is 0.0698 e. The van der Waals surface area contributed by atoms with Gasteiger partial charge in [-0.1, -0.05) is 0 Å². The minimum atomic E-state index is 0.0627. The van der Waals surface area contributed by atoms with Crippen LogP contribution in [0, 0.1) is 0 Å². The van der Waals surface area contributed by atoms with Crippen LogP contribution in [0.4, 0.5) is 0 Å². The molecule has 0 fully saturated rings. The molecule has 0 bridgehead atoms. The van der Waals surface area contributed by atoms with E-state index in [1.54, 1.807) is 10.9 Å². The molecule has 0 aliphatic rings. The summed E-state index contributed by atoms with van der Waals surface area (Å²) >= 11 is 0. The zero-order chi connectivity index (χ0) is 9.52. The fourth-order valence-electron chi connectivity index (χ4n) is 0.959. The second-order valence-corrected chi connectivity index (χ2v) is 2.65. The van der Waals surface area contributed by atoms with Crippen molar-refractivity contribution < 1.29 is 9.84 Å². The van der Waals surface area contributed by atoms with Gasteiger partial charge < -0.3 is 15.6 Å². The van der Waals surface area contributed by atoms with E-state index in [4.69, 9.17) is 15.6 Å². The van der Waals surface area contributed by atoms with E-state index in [1.165, 1.54) is 0 Å². The summed E-state index contributed by atoms with van der Waals surface area (Å²) in [6.45, 7) is 2.21. The molecule has 1 aromatic rings. The summed E-state index contributed by atoms with van der Waals surface area (Å²) in [7, 11) is 0. The molecule has 1 aromatic heterocycles. The van der Waals surface area contributed by atoms with E-state index in [2.05, 4.69) is 5.10 Å². The van der Waals surface area contributed by atoms with Crippen molar-refractivity contribution >= 4 is 0 Å². The topological polar surface area (TPSA) is 73.3 Å². The minimum absolute atomic E-state index is 0.0627. The van der Waals surface area contributed by atoms with Crippen LogP contribution in [0.1, 0.15) is 5.56 Å². The second-order valence-electron chi connectivity index (χ2n) is 2.65. The lowest BCUT2D eigenvalue weighted by atomic mass is 10.4. The highest BCUT2D eigenvalue weighted by Crippen LogP contribution is 1.95. The summed E-state index contributed by atoms with van der Waals surface area (Å²) in [5.41, 5.74) is 6.44. The fourth-order valence-corrected chi connectivity index (χ4v) is 0.959. The molecule has 0 saturated heterocycles. The minimum Gasteiger partial charge on any atom is -0.394 e. The van der Waals surface area contributed by atoms with E-state index >= 15 is 0 Å². The Labute approximate surface area is 77.1 Å². The van der Waals surface area contributed by atoms with Gasteiger partial charge in [-0.2, -0.15) is 5.10 Å². The Kier molecular flexibility index (Phi) is 4.45. The molecule has 5 nitrogen and oxygen atoms in total. The highest BCUT2D eigenvalue weighted by atomic mass is 16.5. The predicted molar refractivity (Wildman–Crippen MR) is 48.0 cm³/mol. The molecule has 0 amide bonds. The number of hydrogen-bond donors (Lipinski definition) is 2. The molecular formula is C8H15N3O2. The zero-order valence-electron chi connectivity index (χ0n) is 7.52. The molecule has 0 radical (unpaired) electrons. The Morgan fingerprint density at radius 3 is 3.00 bits per heavy atom. The number of ether oxygens (including phenoxy) is 1. The van der Waals surface area contributed by atoms with Crippen molar-refractivity contribution in [2.45, 2.75) is 13.1 Å². The van der Waals surface area contributed by atoms with Crippen LogP contribution in [-0.4, -0.2) is 34.7 Å². The van der Waals surface area contributed by atoms with Crippen LogP contribution in [0.3, 0.4) is 0 Å². The zero-order valence-corrected chi connectivity index (χ0v) is 7.52. The monoisotopic (exact) mass is 185 g/mol. The van der Waals surface area contributed by atoms with Crippen molar-refractivity contribution in [3.05, 3.63) is 18.0 Å². The van der Waals surface area contributed by atoms with E-state index in [1.807, 2.05) is 6.20 Å². The summed E-state index contributed by atoms with van der Waals surface area (Å²) in [6, 6.07) is 0. The number of aliphatic hydroxyl groups is 1.